The van der Waals surface area contributed by atoms with Crippen LogP contribution in [0.15, 0.2) is 30.4 Å². The van der Waals surface area contributed by atoms with Crippen LogP contribution in [0.25, 0.3) is 0 Å². The Labute approximate surface area is 153 Å². The Morgan fingerprint density at radius 3 is 2.65 bits per heavy atom. The van der Waals surface area contributed by atoms with Crippen LogP contribution in [-0.2, 0) is 4.74 Å². The third-order valence-electron chi connectivity index (χ3n) is 4.76. The first-order valence-corrected chi connectivity index (χ1v) is 8.97. The van der Waals surface area contributed by atoms with Crippen LogP contribution < -0.4 is 0 Å². The van der Waals surface area contributed by atoms with Crippen molar-refractivity contribution in [2.75, 3.05) is 26.2 Å². The van der Waals surface area contributed by atoms with Crippen molar-refractivity contribution in [3.8, 4) is 0 Å². The number of hydrogen-bond acceptors (Lipinski definition) is 4. The molecular formula is C20H24N2O4. The molecule has 0 saturated carbocycles. The molecule has 0 bridgehead atoms. The number of amides is 3. The van der Waals surface area contributed by atoms with Crippen LogP contribution in [0.3, 0.4) is 0 Å². The summed E-state index contributed by atoms with van der Waals surface area (Å²) in [6, 6.07) is 4.73. The predicted molar refractivity (Wildman–Crippen MR) is 97.2 cm³/mol. The summed E-state index contributed by atoms with van der Waals surface area (Å²) in [5.74, 6) is -0.831. The van der Waals surface area contributed by atoms with Crippen molar-refractivity contribution in [3.05, 3.63) is 47.0 Å². The van der Waals surface area contributed by atoms with Gasteiger partial charge in [-0.2, -0.15) is 0 Å². The van der Waals surface area contributed by atoms with Gasteiger partial charge >= 0.3 is 0 Å². The fourth-order valence-electron chi connectivity index (χ4n) is 3.42. The molecule has 0 aliphatic carbocycles. The number of hydrogen-bond donors (Lipinski definition) is 0. The largest absolute Gasteiger partial charge is 0.376 e. The number of fused-ring (bicyclic) bond motifs is 1. The highest BCUT2D eigenvalue weighted by molar-refractivity contribution is 6.22. The molecule has 0 N–H and O–H groups in total. The highest BCUT2D eigenvalue weighted by atomic mass is 16.5. The van der Waals surface area contributed by atoms with E-state index in [4.69, 9.17) is 4.74 Å². The third-order valence-corrected chi connectivity index (χ3v) is 4.76. The minimum atomic E-state index is -0.349. The van der Waals surface area contributed by atoms with Crippen LogP contribution >= 0.6 is 0 Å². The minimum absolute atomic E-state index is 0.0931. The van der Waals surface area contributed by atoms with Crippen LogP contribution in [-0.4, -0.2) is 59.9 Å². The van der Waals surface area contributed by atoms with Gasteiger partial charge in [0.2, 0.25) is 0 Å². The maximum absolute atomic E-state index is 12.7. The topological polar surface area (TPSA) is 66.9 Å². The van der Waals surface area contributed by atoms with Crippen molar-refractivity contribution in [1.82, 2.24) is 9.80 Å². The van der Waals surface area contributed by atoms with Gasteiger partial charge in [0.05, 0.1) is 23.8 Å². The first kappa shape index (κ1) is 18.3. The van der Waals surface area contributed by atoms with E-state index in [9.17, 15) is 14.4 Å². The van der Waals surface area contributed by atoms with E-state index in [1.54, 1.807) is 17.0 Å². The van der Waals surface area contributed by atoms with Gasteiger partial charge in [0.1, 0.15) is 0 Å². The Bertz CT molecular complexity index is 765. The van der Waals surface area contributed by atoms with Gasteiger partial charge in [-0.25, -0.2) is 0 Å². The van der Waals surface area contributed by atoms with Gasteiger partial charge in [-0.05, 0) is 44.9 Å². The molecular weight excluding hydrogens is 332 g/mol. The van der Waals surface area contributed by atoms with Crippen molar-refractivity contribution < 1.29 is 19.1 Å². The van der Waals surface area contributed by atoms with Crippen molar-refractivity contribution in [2.24, 2.45) is 0 Å². The summed E-state index contributed by atoms with van der Waals surface area (Å²) in [5.41, 5.74) is 1.94. The van der Waals surface area contributed by atoms with E-state index in [-0.39, 0.29) is 30.4 Å². The van der Waals surface area contributed by atoms with Crippen molar-refractivity contribution in [1.29, 1.82) is 0 Å². The standard InChI is InChI=1S/C20H24N2O4/c1-4-21(11-13(2)3)18(23)14-7-8-16-17(10-14)20(25)22(19(16)24)12-15-6-5-9-26-15/h7-8,10,15H,2,4-6,9,11-12H2,1,3H3. The zero-order valence-electron chi connectivity index (χ0n) is 15.3. The Kier molecular flexibility index (Phi) is 5.23. The molecule has 1 saturated heterocycles. The van der Waals surface area contributed by atoms with Crippen LogP contribution in [0.2, 0.25) is 0 Å². The van der Waals surface area contributed by atoms with Gasteiger partial charge in [0.25, 0.3) is 17.7 Å². The molecule has 0 aromatic heterocycles. The Morgan fingerprint density at radius 2 is 2.04 bits per heavy atom. The fraction of sp³-hybridized carbons (Fsp3) is 0.450. The Balaban J connectivity index is 1.82. The molecule has 1 aromatic rings. The summed E-state index contributed by atoms with van der Waals surface area (Å²) in [5, 5.41) is 0. The molecule has 6 heteroatoms. The molecule has 6 nitrogen and oxygen atoms in total. The highest BCUT2D eigenvalue weighted by Crippen LogP contribution is 2.26. The number of ether oxygens (including phenoxy) is 1. The molecule has 1 unspecified atom stereocenters. The normalized spacial score (nSPS) is 19.0. The summed E-state index contributed by atoms with van der Waals surface area (Å²) >= 11 is 0. The first-order chi connectivity index (χ1) is 12.4. The van der Waals surface area contributed by atoms with E-state index in [0.29, 0.717) is 36.4 Å². The second kappa shape index (κ2) is 7.41. The van der Waals surface area contributed by atoms with Gasteiger partial charge in [-0.15, -0.1) is 0 Å². The van der Waals surface area contributed by atoms with Crippen LogP contribution in [0.1, 0.15) is 57.8 Å². The van der Waals surface area contributed by atoms with Gasteiger partial charge in [0.15, 0.2) is 0 Å². The number of nitrogens with zero attached hydrogens (tertiary/aromatic N) is 2. The number of rotatable bonds is 6. The number of likely N-dealkylation sites (N-methyl/N-ethyl adjacent to an activating group) is 1. The van der Waals surface area contributed by atoms with Crippen molar-refractivity contribution in [2.45, 2.75) is 32.8 Å². The number of benzene rings is 1. The number of carbonyl (C=O) groups excluding carboxylic acids is 3. The maximum Gasteiger partial charge on any atom is 0.261 e. The summed E-state index contributed by atoms with van der Waals surface area (Å²) < 4.78 is 5.54. The van der Waals surface area contributed by atoms with E-state index < -0.39 is 0 Å². The molecule has 0 spiro atoms. The average Bonchev–Trinajstić information content (AvgIpc) is 3.22. The average molecular weight is 356 g/mol. The molecule has 2 aliphatic rings. The molecule has 1 atom stereocenters. The lowest BCUT2D eigenvalue weighted by atomic mass is 10.0. The number of imide groups is 1. The van der Waals surface area contributed by atoms with Crippen molar-refractivity contribution >= 4 is 17.7 Å². The van der Waals surface area contributed by atoms with Crippen LogP contribution in [0.4, 0.5) is 0 Å². The molecule has 3 amide bonds. The summed E-state index contributed by atoms with van der Waals surface area (Å²) in [6.45, 7) is 9.55. The Morgan fingerprint density at radius 1 is 1.31 bits per heavy atom. The fourth-order valence-corrected chi connectivity index (χ4v) is 3.42. The van der Waals surface area contributed by atoms with E-state index in [1.165, 1.54) is 11.0 Å². The summed E-state index contributed by atoms with van der Waals surface area (Å²) in [7, 11) is 0. The first-order valence-electron chi connectivity index (χ1n) is 8.97. The lowest BCUT2D eigenvalue weighted by molar-refractivity contribution is 0.0475. The summed E-state index contributed by atoms with van der Waals surface area (Å²) in [4.78, 5) is 40.9. The molecule has 26 heavy (non-hydrogen) atoms. The molecule has 3 rings (SSSR count). The molecule has 138 valence electrons. The monoisotopic (exact) mass is 356 g/mol. The highest BCUT2D eigenvalue weighted by Gasteiger charge is 2.38. The van der Waals surface area contributed by atoms with Crippen LogP contribution in [0.5, 0.6) is 0 Å². The predicted octanol–water partition coefficient (Wildman–Crippen LogP) is 2.50. The number of carbonyl (C=O) groups is 3. The second-order valence-corrected chi connectivity index (χ2v) is 6.89. The SMILES string of the molecule is C=C(C)CN(CC)C(=O)c1ccc2c(c1)C(=O)N(CC1CCCO1)C2=O. The van der Waals surface area contributed by atoms with Gasteiger partial charge in [0, 0.05) is 25.3 Å². The van der Waals surface area contributed by atoms with E-state index >= 15 is 0 Å². The molecule has 2 heterocycles. The lowest BCUT2D eigenvalue weighted by Gasteiger charge is -2.21. The summed E-state index contributed by atoms with van der Waals surface area (Å²) in [6.07, 6.45) is 1.70. The van der Waals surface area contributed by atoms with Gasteiger partial charge in [-0.1, -0.05) is 12.2 Å². The van der Waals surface area contributed by atoms with E-state index in [0.717, 1.165) is 18.4 Å². The maximum atomic E-state index is 12.7. The van der Waals surface area contributed by atoms with Crippen LogP contribution in [0, 0.1) is 0 Å². The van der Waals surface area contributed by atoms with Crippen molar-refractivity contribution in [3.63, 3.8) is 0 Å². The molecule has 1 aromatic carbocycles. The lowest BCUT2D eigenvalue weighted by Crippen LogP contribution is -2.36. The van der Waals surface area contributed by atoms with E-state index in [1.807, 2.05) is 13.8 Å². The zero-order valence-corrected chi connectivity index (χ0v) is 15.3. The molecule has 2 aliphatic heterocycles. The second-order valence-electron chi connectivity index (χ2n) is 6.89. The molecule has 0 radical (unpaired) electrons. The third kappa shape index (κ3) is 3.42. The Hall–Kier alpha value is -2.47. The minimum Gasteiger partial charge on any atom is -0.376 e. The molecule has 1 fully saturated rings. The van der Waals surface area contributed by atoms with E-state index in [2.05, 4.69) is 6.58 Å². The smallest absolute Gasteiger partial charge is 0.261 e. The van der Waals surface area contributed by atoms with Gasteiger partial charge in [-0.3, -0.25) is 19.3 Å². The quantitative estimate of drug-likeness (QED) is 0.580. The zero-order chi connectivity index (χ0) is 18.8. The van der Waals surface area contributed by atoms with Gasteiger partial charge < -0.3 is 9.64 Å².